The second kappa shape index (κ2) is 7.25. The third-order valence-corrected chi connectivity index (χ3v) is 3.59. The van der Waals surface area contributed by atoms with Crippen LogP contribution < -0.4 is 0 Å². The SMILES string of the molecule is CC(C)N(C)CCOCC(C)N1CCCC1. The predicted molar refractivity (Wildman–Crippen MR) is 68.9 cm³/mol. The molecule has 0 aromatic carbocycles. The van der Waals surface area contributed by atoms with E-state index in [4.69, 9.17) is 4.74 Å². The van der Waals surface area contributed by atoms with Crippen molar-refractivity contribution in [1.29, 1.82) is 0 Å². The molecule has 1 aliphatic heterocycles. The summed E-state index contributed by atoms with van der Waals surface area (Å²) >= 11 is 0. The summed E-state index contributed by atoms with van der Waals surface area (Å²) in [6, 6.07) is 1.20. The normalized spacial score (nSPS) is 19.9. The Kier molecular flexibility index (Phi) is 6.32. The van der Waals surface area contributed by atoms with Crippen LogP contribution in [0.2, 0.25) is 0 Å². The molecule has 96 valence electrons. The van der Waals surface area contributed by atoms with Crippen LogP contribution in [0.25, 0.3) is 0 Å². The monoisotopic (exact) mass is 228 g/mol. The minimum atomic E-state index is 0.590. The molecular formula is C13H28N2O. The van der Waals surface area contributed by atoms with E-state index in [-0.39, 0.29) is 0 Å². The zero-order valence-corrected chi connectivity index (χ0v) is 11.4. The fraction of sp³-hybridized carbons (Fsp3) is 1.00. The molecule has 0 N–H and O–H groups in total. The lowest BCUT2D eigenvalue weighted by Gasteiger charge is -2.25. The van der Waals surface area contributed by atoms with Crippen LogP contribution in [0.5, 0.6) is 0 Å². The van der Waals surface area contributed by atoms with Gasteiger partial charge in [0, 0.05) is 18.6 Å². The molecule has 0 radical (unpaired) electrons. The van der Waals surface area contributed by atoms with E-state index >= 15 is 0 Å². The average Bonchev–Trinajstić information content (AvgIpc) is 2.76. The van der Waals surface area contributed by atoms with Crippen LogP contribution in [0, 0.1) is 0 Å². The van der Waals surface area contributed by atoms with E-state index in [9.17, 15) is 0 Å². The standard InChI is InChI=1S/C13H28N2O/c1-12(2)14(4)9-10-16-11-13(3)15-7-5-6-8-15/h12-13H,5-11H2,1-4H3. The summed E-state index contributed by atoms with van der Waals surface area (Å²) in [6.45, 7) is 12.0. The molecule has 1 unspecified atom stereocenters. The third kappa shape index (κ3) is 4.81. The number of rotatable bonds is 7. The fourth-order valence-electron chi connectivity index (χ4n) is 2.01. The van der Waals surface area contributed by atoms with E-state index in [1.54, 1.807) is 0 Å². The van der Waals surface area contributed by atoms with Gasteiger partial charge >= 0.3 is 0 Å². The maximum Gasteiger partial charge on any atom is 0.0619 e. The molecule has 1 saturated heterocycles. The average molecular weight is 228 g/mol. The molecule has 0 bridgehead atoms. The summed E-state index contributed by atoms with van der Waals surface area (Å²) in [5, 5.41) is 0. The Morgan fingerprint density at radius 1 is 1.19 bits per heavy atom. The van der Waals surface area contributed by atoms with Gasteiger partial charge in [0.15, 0.2) is 0 Å². The van der Waals surface area contributed by atoms with Crippen molar-refractivity contribution in [1.82, 2.24) is 9.80 Å². The van der Waals surface area contributed by atoms with Crippen LogP contribution in [0.4, 0.5) is 0 Å². The van der Waals surface area contributed by atoms with Crippen LogP contribution in [0.3, 0.4) is 0 Å². The summed E-state index contributed by atoms with van der Waals surface area (Å²) in [4.78, 5) is 4.85. The Morgan fingerprint density at radius 3 is 2.38 bits per heavy atom. The van der Waals surface area contributed by atoms with Crippen LogP contribution in [-0.2, 0) is 4.74 Å². The molecular weight excluding hydrogens is 200 g/mol. The highest BCUT2D eigenvalue weighted by Crippen LogP contribution is 2.11. The van der Waals surface area contributed by atoms with Crippen molar-refractivity contribution in [2.75, 3.05) is 39.9 Å². The Hall–Kier alpha value is -0.120. The number of hydrogen-bond acceptors (Lipinski definition) is 3. The maximum absolute atomic E-state index is 5.75. The van der Waals surface area contributed by atoms with Gasteiger partial charge in [0.25, 0.3) is 0 Å². The largest absolute Gasteiger partial charge is 0.379 e. The van der Waals surface area contributed by atoms with Gasteiger partial charge in [-0.15, -0.1) is 0 Å². The van der Waals surface area contributed by atoms with E-state index in [2.05, 4.69) is 37.6 Å². The van der Waals surface area contributed by atoms with Crippen molar-refractivity contribution < 1.29 is 4.74 Å². The van der Waals surface area contributed by atoms with Crippen LogP contribution >= 0.6 is 0 Å². The molecule has 1 heterocycles. The third-order valence-electron chi connectivity index (χ3n) is 3.59. The molecule has 1 atom stereocenters. The highest BCUT2D eigenvalue weighted by atomic mass is 16.5. The second-order valence-corrected chi connectivity index (χ2v) is 5.24. The first-order valence-electron chi connectivity index (χ1n) is 6.63. The molecule has 0 saturated carbocycles. The molecule has 0 aromatic heterocycles. The van der Waals surface area contributed by atoms with Crippen LogP contribution in [-0.4, -0.2) is 61.8 Å². The smallest absolute Gasteiger partial charge is 0.0619 e. The molecule has 1 rings (SSSR count). The first kappa shape index (κ1) is 13.9. The first-order chi connectivity index (χ1) is 7.61. The van der Waals surface area contributed by atoms with Gasteiger partial charge in [0.2, 0.25) is 0 Å². The zero-order valence-electron chi connectivity index (χ0n) is 11.4. The Bertz CT molecular complexity index is 179. The van der Waals surface area contributed by atoms with Crippen molar-refractivity contribution in [3.05, 3.63) is 0 Å². The quantitative estimate of drug-likeness (QED) is 0.618. The van der Waals surface area contributed by atoms with Gasteiger partial charge in [0.1, 0.15) is 0 Å². The summed E-state index contributed by atoms with van der Waals surface area (Å²) in [6.07, 6.45) is 2.72. The van der Waals surface area contributed by atoms with Crippen molar-refractivity contribution in [2.24, 2.45) is 0 Å². The van der Waals surface area contributed by atoms with Gasteiger partial charge < -0.3 is 9.64 Å². The topological polar surface area (TPSA) is 15.7 Å². The maximum atomic E-state index is 5.75. The second-order valence-electron chi connectivity index (χ2n) is 5.24. The van der Waals surface area contributed by atoms with E-state index in [0.717, 1.165) is 19.8 Å². The van der Waals surface area contributed by atoms with Gasteiger partial charge in [-0.05, 0) is 53.8 Å². The van der Waals surface area contributed by atoms with Crippen molar-refractivity contribution in [3.8, 4) is 0 Å². The Labute approximate surface area is 101 Å². The van der Waals surface area contributed by atoms with E-state index in [1.165, 1.54) is 25.9 Å². The molecule has 0 aliphatic carbocycles. The Balaban J connectivity index is 2.01. The molecule has 0 spiro atoms. The summed E-state index contributed by atoms with van der Waals surface area (Å²) in [7, 11) is 2.15. The lowest BCUT2D eigenvalue weighted by molar-refractivity contribution is 0.0605. The summed E-state index contributed by atoms with van der Waals surface area (Å²) in [5.41, 5.74) is 0. The summed E-state index contributed by atoms with van der Waals surface area (Å²) in [5.74, 6) is 0. The molecule has 0 aromatic rings. The Morgan fingerprint density at radius 2 is 1.81 bits per heavy atom. The number of hydrogen-bond donors (Lipinski definition) is 0. The van der Waals surface area contributed by atoms with E-state index in [1.807, 2.05) is 0 Å². The van der Waals surface area contributed by atoms with Gasteiger partial charge in [-0.2, -0.15) is 0 Å². The van der Waals surface area contributed by atoms with Gasteiger partial charge in [-0.3, -0.25) is 4.90 Å². The van der Waals surface area contributed by atoms with Crippen molar-refractivity contribution in [3.63, 3.8) is 0 Å². The molecule has 3 heteroatoms. The number of nitrogens with zero attached hydrogens (tertiary/aromatic N) is 2. The molecule has 0 amide bonds. The van der Waals surface area contributed by atoms with Crippen LogP contribution in [0.1, 0.15) is 33.6 Å². The van der Waals surface area contributed by atoms with Gasteiger partial charge in [-0.25, -0.2) is 0 Å². The summed E-state index contributed by atoms with van der Waals surface area (Å²) < 4.78 is 5.75. The van der Waals surface area contributed by atoms with Gasteiger partial charge in [-0.1, -0.05) is 0 Å². The number of likely N-dealkylation sites (N-methyl/N-ethyl adjacent to an activating group) is 1. The molecule has 1 fully saturated rings. The highest BCUT2D eigenvalue weighted by Gasteiger charge is 2.17. The molecule has 16 heavy (non-hydrogen) atoms. The van der Waals surface area contributed by atoms with Crippen LogP contribution in [0.15, 0.2) is 0 Å². The fourth-order valence-corrected chi connectivity index (χ4v) is 2.01. The minimum Gasteiger partial charge on any atom is -0.379 e. The number of ether oxygens (including phenoxy) is 1. The highest BCUT2D eigenvalue weighted by molar-refractivity contribution is 4.72. The van der Waals surface area contributed by atoms with Crippen molar-refractivity contribution >= 4 is 0 Å². The predicted octanol–water partition coefficient (Wildman–Crippen LogP) is 1.83. The van der Waals surface area contributed by atoms with Crippen molar-refractivity contribution in [2.45, 2.75) is 45.7 Å². The lowest BCUT2D eigenvalue weighted by Crippen LogP contribution is -2.35. The van der Waals surface area contributed by atoms with E-state index in [0.29, 0.717) is 12.1 Å². The zero-order chi connectivity index (χ0) is 12.0. The minimum absolute atomic E-state index is 0.590. The van der Waals surface area contributed by atoms with E-state index < -0.39 is 0 Å². The first-order valence-corrected chi connectivity index (χ1v) is 6.63. The molecule has 3 nitrogen and oxygen atoms in total. The lowest BCUT2D eigenvalue weighted by atomic mass is 10.3. The molecule has 1 aliphatic rings. The van der Waals surface area contributed by atoms with Gasteiger partial charge in [0.05, 0.1) is 13.2 Å². The number of likely N-dealkylation sites (tertiary alicyclic amines) is 1.